The van der Waals surface area contributed by atoms with E-state index in [0.29, 0.717) is 5.82 Å². The van der Waals surface area contributed by atoms with Crippen LogP contribution in [-0.2, 0) is 10.8 Å². The standard InChI is InChI=1S/C12H8Cl3N3O/c1-18-6-8(7-4-2-3-5-9(7)18)10-16-11(19-17-10)12(13,14)15/h2-6H,1H3. The molecule has 0 saturated heterocycles. The summed E-state index contributed by atoms with van der Waals surface area (Å²) in [4.78, 5) is 4.13. The van der Waals surface area contributed by atoms with Gasteiger partial charge in [0.25, 0.3) is 9.68 Å². The fraction of sp³-hybridized carbons (Fsp3) is 0.167. The molecule has 3 rings (SSSR count). The van der Waals surface area contributed by atoms with Gasteiger partial charge in [-0.25, -0.2) is 0 Å². The van der Waals surface area contributed by atoms with Crippen molar-refractivity contribution in [1.29, 1.82) is 0 Å². The van der Waals surface area contributed by atoms with Crippen LogP contribution in [0.3, 0.4) is 0 Å². The zero-order valence-corrected chi connectivity index (χ0v) is 12.0. The lowest BCUT2D eigenvalue weighted by molar-refractivity contribution is 0.383. The molecule has 1 aromatic carbocycles. The number of nitrogens with zero attached hydrogens (tertiary/aromatic N) is 3. The van der Waals surface area contributed by atoms with Crippen molar-refractivity contribution in [2.24, 2.45) is 7.05 Å². The number of para-hydroxylation sites is 1. The van der Waals surface area contributed by atoms with Crippen LogP contribution in [-0.4, -0.2) is 14.7 Å². The van der Waals surface area contributed by atoms with Crippen molar-refractivity contribution in [1.82, 2.24) is 14.7 Å². The van der Waals surface area contributed by atoms with E-state index >= 15 is 0 Å². The topological polar surface area (TPSA) is 43.9 Å². The van der Waals surface area contributed by atoms with Gasteiger partial charge in [-0.3, -0.25) is 0 Å². The van der Waals surface area contributed by atoms with Crippen LogP contribution >= 0.6 is 34.8 Å². The summed E-state index contributed by atoms with van der Waals surface area (Å²) < 4.78 is 5.25. The first-order chi connectivity index (χ1) is 8.97. The van der Waals surface area contributed by atoms with E-state index < -0.39 is 3.79 Å². The molecule has 0 aliphatic heterocycles. The molecule has 0 spiro atoms. The molecule has 0 atom stereocenters. The maximum Gasteiger partial charge on any atom is 0.279 e. The van der Waals surface area contributed by atoms with Crippen LogP contribution in [0.15, 0.2) is 35.0 Å². The van der Waals surface area contributed by atoms with Crippen LogP contribution in [0.1, 0.15) is 5.89 Å². The summed E-state index contributed by atoms with van der Waals surface area (Å²) in [6.45, 7) is 0. The van der Waals surface area contributed by atoms with Crippen molar-refractivity contribution in [2.45, 2.75) is 3.79 Å². The highest BCUT2D eigenvalue weighted by molar-refractivity contribution is 6.66. The molecule has 19 heavy (non-hydrogen) atoms. The Hall–Kier alpha value is -1.23. The number of rotatable bonds is 1. The highest BCUT2D eigenvalue weighted by atomic mass is 35.6. The minimum absolute atomic E-state index is 0.0413. The lowest BCUT2D eigenvalue weighted by Crippen LogP contribution is -1.99. The van der Waals surface area contributed by atoms with E-state index in [1.54, 1.807) is 0 Å². The average molecular weight is 317 g/mol. The first-order valence-corrected chi connectivity index (χ1v) is 6.55. The fourth-order valence-electron chi connectivity index (χ4n) is 1.97. The average Bonchev–Trinajstić information content (AvgIpc) is 2.94. The number of halogens is 3. The highest BCUT2D eigenvalue weighted by Gasteiger charge is 2.31. The molecule has 0 saturated carbocycles. The monoisotopic (exact) mass is 315 g/mol. The van der Waals surface area contributed by atoms with Gasteiger partial charge in [-0.15, -0.1) is 0 Å². The van der Waals surface area contributed by atoms with Gasteiger partial charge in [-0.1, -0.05) is 58.2 Å². The molecule has 0 aliphatic rings. The molecule has 2 aromatic heterocycles. The van der Waals surface area contributed by atoms with E-state index in [-0.39, 0.29) is 5.89 Å². The van der Waals surface area contributed by atoms with Crippen molar-refractivity contribution in [3.63, 3.8) is 0 Å². The molecule has 0 amide bonds. The van der Waals surface area contributed by atoms with Crippen molar-refractivity contribution >= 4 is 45.7 Å². The van der Waals surface area contributed by atoms with Crippen molar-refractivity contribution in [2.75, 3.05) is 0 Å². The number of hydrogen-bond donors (Lipinski definition) is 0. The molecule has 0 radical (unpaired) electrons. The molecule has 7 heteroatoms. The van der Waals surface area contributed by atoms with Gasteiger partial charge in [0, 0.05) is 29.7 Å². The van der Waals surface area contributed by atoms with Crippen LogP contribution in [0.2, 0.25) is 0 Å². The van der Waals surface area contributed by atoms with Crippen LogP contribution < -0.4 is 0 Å². The van der Waals surface area contributed by atoms with E-state index in [1.165, 1.54) is 0 Å². The summed E-state index contributed by atoms with van der Waals surface area (Å²) in [6.07, 6.45) is 1.91. The van der Waals surface area contributed by atoms with E-state index in [1.807, 2.05) is 42.1 Å². The molecular formula is C12H8Cl3N3O. The lowest BCUT2D eigenvalue weighted by Gasteiger charge is -2.01. The minimum Gasteiger partial charge on any atom is -0.350 e. The molecule has 0 bridgehead atoms. The van der Waals surface area contributed by atoms with Gasteiger partial charge in [-0.2, -0.15) is 4.98 Å². The van der Waals surface area contributed by atoms with Crippen LogP contribution in [0.4, 0.5) is 0 Å². The Morgan fingerprint density at radius 1 is 1.21 bits per heavy atom. The lowest BCUT2D eigenvalue weighted by atomic mass is 10.2. The summed E-state index contributed by atoms with van der Waals surface area (Å²) in [6, 6.07) is 7.90. The molecule has 0 N–H and O–H groups in total. The SMILES string of the molecule is Cn1cc(-c2noc(C(Cl)(Cl)Cl)n2)c2ccccc21. The largest absolute Gasteiger partial charge is 0.350 e. The third kappa shape index (κ3) is 2.20. The van der Waals surface area contributed by atoms with Gasteiger partial charge in [-0.05, 0) is 6.07 Å². The molecule has 0 unspecified atom stereocenters. The predicted octanol–water partition coefficient (Wildman–Crippen LogP) is 4.06. The van der Waals surface area contributed by atoms with Crippen LogP contribution in [0.5, 0.6) is 0 Å². The number of benzene rings is 1. The maximum absolute atomic E-state index is 5.71. The number of alkyl halides is 3. The van der Waals surface area contributed by atoms with Gasteiger partial charge >= 0.3 is 0 Å². The van der Waals surface area contributed by atoms with Crippen LogP contribution in [0.25, 0.3) is 22.3 Å². The maximum atomic E-state index is 5.71. The minimum atomic E-state index is -1.71. The number of aromatic nitrogens is 3. The Morgan fingerprint density at radius 3 is 2.63 bits per heavy atom. The fourth-order valence-corrected chi connectivity index (χ4v) is 2.20. The predicted molar refractivity (Wildman–Crippen MR) is 75.4 cm³/mol. The Kier molecular flexibility index (Phi) is 2.96. The van der Waals surface area contributed by atoms with Gasteiger partial charge in [0.15, 0.2) is 0 Å². The molecule has 98 valence electrons. The number of hydrogen-bond acceptors (Lipinski definition) is 3. The van der Waals surface area contributed by atoms with Gasteiger partial charge in [0.2, 0.25) is 5.82 Å². The normalized spacial score (nSPS) is 12.2. The first kappa shape index (κ1) is 12.8. The zero-order chi connectivity index (χ0) is 13.6. The van der Waals surface area contributed by atoms with E-state index in [9.17, 15) is 0 Å². The molecule has 0 fully saturated rings. The molecule has 4 nitrogen and oxygen atoms in total. The number of aryl methyl sites for hydroxylation is 1. The summed E-state index contributed by atoms with van der Waals surface area (Å²) in [5, 5.41) is 4.88. The first-order valence-electron chi connectivity index (χ1n) is 5.42. The second kappa shape index (κ2) is 4.40. The smallest absolute Gasteiger partial charge is 0.279 e. The molecule has 3 aromatic rings. The second-order valence-corrected chi connectivity index (χ2v) is 6.37. The van der Waals surface area contributed by atoms with Gasteiger partial charge in [0.1, 0.15) is 0 Å². The summed E-state index contributed by atoms with van der Waals surface area (Å²) in [7, 11) is 1.95. The zero-order valence-electron chi connectivity index (χ0n) is 9.77. The van der Waals surface area contributed by atoms with Crippen LogP contribution in [0, 0.1) is 0 Å². The quantitative estimate of drug-likeness (QED) is 0.636. The van der Waals surface area contributed by atoms with Crippen molar-refractivity contribution < 1.29 is 4.52 Å². The van der Waals surface area contributed by atoms with Crippen molar-refractivity contribution in [3.05, 3.63) is 36.4 Å². The number of fused-ring (bicyclic) bond motifs is 1. The Balaban J connectivity index is 2.17. The summed E-state index contributed by atoms with van der Waals surface area (Å²) >= 11 is 17.1. The summed E-state index contributed by atoms with van der Waals surface area (Å²) in [5.74, 6) is 0.360. The van der Waals surface area contributed by atoms with E-state index in [4.69, 9.17) is 39.3 Å². The Labute approximate surface area is 123 Å². The second-order valence-electron chi connectivity index (χ2n) is 4.09. The Morgan fingerprint density at radius 2 is 1.95 bits per heavy atom. The molecular weight excluding hydrogens is 309 g/mol. The van der Waals surface area contributed by atoms with Gasteiger partial charge < -0.3 is 9.09 Å². The third-order valence-electron chi connectivity index (χ3n) is 2.81. The molecule has 2 heterocycles. The highest BCUT2D eigenvalue weighted by Crippen LogP contribution is 2.38. The van der Waals surface area contributed by atoms with Gasteiger partial charge in [0.05, 0.1) is 0 Å². The molecule has 0 aliphatic carbocycles. The van der Waals surface area contributed by atoms with E-state index in [0.717, 1.165) is 16.5 Å². The van der Waals surface area contributed by atoms with E-state index in [2.05, 4.69) is 10.1 Å². The summed E-state index contributed by atoms with van der Waals surface area (Å²) in [5.41, 5.74) is 1.90. The Bertz CT molecular complexity index is 742. The van der Waals surface area contributed by atoms with Crippen molar-refractivity contribution in [3.8, 4) is 11.4 Å². The third-order valence-corrected chi connectivity index (χ3v) is 3.29.